The second kappa shape index (κ2) is 7.25. The Morgan fingerprint density at radius 1 is 1.21 bits per heavy atom. The zero-order valence-corrected chi connectivity index (χ0v) is 11.9. The van der Waals surface area contributed by atoms with Crippen LogP contribution in [-0.4, -0.2) is 35.9 Å². The van der Waals surface area contributed by atoms with Gasteiger partial charge in [0.1, 0.15) is 0 Å². The van der Waals surface area contributed by atoms with E-state index in [-0.39, 0.29) is 6.10 Å². The second-order valence-corrected chi connectivity index (χ2v) is 6.08. The molecule has 1 saturated carbocycles. The summed E-state index contributed by atoms with van der Waals surface area (Å²) in [6.45, 7) is 3.08. The first-order valence-corrected chi connectivity index (χ1v) is 7.80. The monoisotopic (exact) mass is 269 g/mol. The van der Waals surface area contributed by atoms with Crippen LogP contribution in [0.25, 0.3) is 0 Å². The molecule has 1 aliphatic carbocycles. The summed E-state index contributed by atoms with van der Waals surface area (Å²) in [6, 6.07) is 0.612. The number of hydrogen-bond acceptors (Lipinski definition) is 3. The van der Waals surface area contributed by atoms with Gasteiger partial charge >= 0.3 is 5.97 Å². The van der Waals surface area contributed by atoms with Gasteiger partial charge in [-0.3, -0.25) is 0 Å². The molecule has 2 rings (SSSR count). The lowest BCUT2D eigenvalue weighted by atomic mass is 9.83. The summed E-state index contributed by atoms with van der Waals surface area (Å²) in [4.78, 5) is 10.8. The molecule has 0 radical (unpaired) electrons. The van der Waals surface area contributed by atoms with Crippen molar-refractivity contribution in [1.29, 1.82) is 0 Å². The van der Waals surface area contributed by atoms with Crippen LogP contribution in [0.2, 0.25) is 0 Å². The molecule has 2 atom stereocenters. The molecule has 1 heterocycles. The molecule has 1 aliphatic heterocycles. The fourth-order valence-corrected chi connectivity index (χ4v) is 3.40. The van der Waals surface area contributed by atoms with Gasteiger partial charge in [0.2, 0.25) is 0 Å². The quantitative estimate of drug-likeness (QED) is 0.778. The van der Waals surface area contributed by atoms with E-state index in [9.17, 15) is 4.79 Å². The molecule has 1 saturated heterocycles. The molecular weight excluding hydrogens is 242 g/mol. The predicted molar refractivity (Wildman–Crippen MR) is 74.2 cm³/mol. The van der Waals surface area contributed by atoms with Crippen LogP contribution < -0.4 is 5.32 Å². The van der Waals surface area contributed by atoms with E-state index in [4.69, 9.17) is 9.84 Å². The third-order valence-corrected chi connectivity index (χ3v) is 4.56. The summed E-state index contributed by atoms with van der Waals surface area (Å²) < 4.78 is 5.51. The van der Waals surface area contributed by atoms with Gasteiger partial charge in [-0.25, -0.2) is 4.79 Å². The van der Waals surface area contributed by atoms with Crippen molar-refractivity contribution in [3.63, 3.8) is 0 Å². The summed E-state index contributed by atoms with van der Waals surface area (Å²) >= 11 is 0. The molecule has 4 heteroatoms. The van der Waals surface area contributed by atoms with Crippen molar-refractivity contribution in [1.82, 2.24) is 5.32 Å². The van der Waals surface area contributed by atoms with Crippen LogP contribution in [0.5, 0.6) is 0 Å². The molecule has 0 aromatic heterocycles. The van der Waals surface area contributed by atoms with Gasteiger partial charge in [0, 0.05) is 12.6 Å². The minimum atomic E-state index is -0.817. The van der Waals surface area contributed by atoms with Crippen molar-refractivity contribution in [2.45, 2.75) is 76.5 Å². The van der Waals surface area contributed by atoms with Crippen LogP contribution in [0.3, 0.4) is 0 Å². The van der Waals surface area contributed by atoms with Crippen molar-refractivity contribution in [3.05, 3.63) is 0 Å². The summed E-state index contributed by atoms with van der Waals surface area (Å²) in [5, 5.41) is 12.4. The van der Waals surface area contributed by atoms with Gasteiger partial charge in [-0.1, -0.05) is 19.8 Å². The molecule has 0 aromatic carbocycles. The molecule has 2 fully saturated rings. The van der Waals surface area contributed by atoms with Gasteiger partial charge in [0.25, 0.3) is 0 Å². The summed E-state index contributed by atoms with van der Waals surface area (Å²) in [6.07, 6.45) is 8.93. The van der Waals surface area contributed by atoms with E-state index < -0.39 is 12.1 Å². The normalized spacial score (nSPS) is 35.4. The minimum Gasteiger partial charge on any atom is -0.479 e. The standard InChI is InChI=1S/C15H27NO3/c1-2-3-11-4-6-12(7-5-11)16-10-13-8-9-14(19-13)15(17)18/h11-14,16H,2-10H2,1H3,(H,17,18). The van der Waals surface area contributed by atoms with Crippen LogP contribution in [0.15, 0.2) is 0 Å². The van der Waals surface area contributed by atoms with Crippen molar-refractivity contribution >= 4 is 5.97 Å². The number of carboxylic acid groups (broad SMARTS) is 1. The van der Waals surface area contributed by atoms with E-state index in [2.05, 4.69) is 12.2 Å². The Hall–Kier alpha value is -0.610. The largest absolute Gasteiger partial charge is 0.479 e. The van der Waals surface area contributed by atoms with Crippen molar-refractivity contribution in [2.24, 2.45) is 5.92 Å². The van der Waals surface area contributed by atoms with E-state index in [0.717, 1.165) is 18.9 Å². The molecule has 2 unspecified atom stereocenters. The van der Waals surface area contributed by atoms with Crippen LogP contribution in [-0.2, 0) is 9.53 Å². The molecule has 4 nitrogen and oxygen atoms in total. The van der Waals surface area contributed by atoms with Crippen LogP contribution in [0.4, 0.5) is 0 Å². The number of ether oxygens (including phenoxy) is 1. The summed E-state index contributed by atoms with van der Waals surface area (Å²) in [7, 11) is 0. The highest BCUT2D eigenvalue weighted by Crippen LogP contribution is 2.28. The molecule has 0 bridgehead atoms. The number of hydrogen-bond donors (Lipinski definition) is 2. The first-order chi connectivity index (χ1) is 9.19. The van der Waals surface area contributed by atoms with E-state index in [0.29, 0.717) is 12.5 Å². The van der Waals surface area contributed by atoms with Crippen molar-refractivity contribution in [3.8, 4) is 0 Å². The van der Waals surface area contributed by atoms with Crippen molar-refractivity contribution in [2.75, 3.05) is 6.54 Å². The average molecular weight is 269 g/mol. The number of aliphatic carboxylic acids is 1. The van der Waals surface area contributed by atoms with Crippen LogP contribution in [0.1, 0.15) is 58.3 Å². The Bertz CT molecular complexity index is 287. The van der Waals surface area contributed by atoms with Gasteiger partial charge in [-0.15, -0.1) is 0 Å². The average Bonchev–Trinajstić information content (AvgIpc) is 2.87. The van der Waals surface area contributed by atoms with Gasteiger partial charge < -0.3 is 15.2 Å². The summed E-state index contributed by atoms with van der Waals surface area (Å²) in [5.74, 6) is 0.116. The van der Waals surface area contributed by atoms with Gasteiger partial charge in [-0.05, 0) is 44.4 Å². The Labute approximate surface area is 115 Å². The zero-order valence-electron chi connectivity index (χ0n) is 11.9. The maximum atomic E-state index is 10.8. The molecule has 0 aromatic rings. The fourth-order valence-electron chi connectivity index (χ4n) is 3.40. The Kier molecular flexibility index (Phi) is 5.64. The SMILES string of the molecule is CCCC1CCC(NCC2CCC(C(=O)O)O2)CC1. The molecule has 2 aliphatic rings. The van der Waals surface area contributed by atoms with E-state index >= 15 is 0 Å². The molecule has 19 heavy (non-hydrogen) atoms. The zero-order chi connectivity index (χ0) is 13.7. The Balaban J connectivity index is 1.61. The number of nitrogens with one attached hydrogen (secondary N) is 1. The fraction of sp³-hybridized carbons (Fsp3) is 0.933. The van der Waals surface area contributed by atoms with E-state index in [1.54, 1.807) is 0 Å². The molecule has 0 spiro atoms. The number of rotatable bonds is 6. The van der Waals surface area contributed by atoms with E-state index in [1.807, 2.05) is 0 Å². The Morgan fingerprint density at radius 2 is 1.95 bits per heavy atom. The number of carbonyl (C=O) groups is 1. The molecule has 0 amide bonds. The lowest BCUT2D eigenvalue weighted by Gasteiger charge is -2.29. The maximum absolute atomic E-state index is 10.8. The smallest absolute Gasteiger partial charge is 0.332 e. The third-order valence-electron chi connectivity index (χ3n) is 4.56. The Morgan fingerprint density at radius 3 is 2.53 bits per heavy atom. The lowest BCUT2D eigenvalue weighted by molar-refractivity contribution is -0.149. The topological polar surface area (TPSA) is 58.6 Å². The second-order valence-electron chi connectivity index (χ2n) is 6.08. The number of carboxylic acids is 1. The van der Waals surface area contributed by atoms with Gasteiger partial charge in [0.05, 0.1) is 6.10 Å². The van der Waals surface area contributed by atoms with E-state index in [1.165, 1.54) is 38.5 Å². The molecule has 110 valence electrons. The highest BCUT2D eigenvalue weighted by Gasteiger charge is 2.30. The minimum absolute atomic E-state index is 0.0921. The lowest BCUT2D eigenvalue weighted by Crippen LogP contribution is -2.38. The third kappa shape index (κ3) is 4.46. The van der Waals surface area contributed by atoms with Crippen molar-refractivity contribution < 1.29 is 14.6 Å². The van der Waals surface area contributed by atoms with Gasteiger partial charge in [-0.2, -0.15) is 0 Å². The highest BCUT2D eigenvalue weighted by atomic mass is 16.5. The molecular formula is C15H27NO3. The molecule has 2 N–H and O–H groups in total. The first kappa shape index (κ1) is 14.8. The first-order valence-electron chi connectivity index (χ1n) is 7.80. The highest BCUT2D eigenvalue weighted by molar-refractivity contribution is 5.72. The summed E-state index contributed by atoms with van der Waals surface area (Å²) in [5.41, 5.74) is 0. The van der Waals surface area contributed by atoms with Crippen LogP contribution >= 0.6 is 0 Å². The maximum Gasteiger partial charge on any atom is 0.332 e. The van der Waals surface area contributed by atoms with Gasteiger partial charge in [0.15, 0.2) is 6.10 Å². The predicted octanol–water partition coefficient (Wildman–Crippen LogP) is 2.57. The van der Waals surface area contributed by atoms with Crippen LogP contribution in [0, 0.1) is 5.92 Å².